The average Bonchev–Trinajstić information content (AvgIpc) is 2.63. The molecule has 3 N–H and O–H groups in total. The third kappa shape index (κ3) is 7.11. The van der Waals surface area contributed by atoms with Crippen molar-refractivity contribution in [3.63, 3.8) is 0 Å². The molecule has 1 heterocycles. The molecule has 1 aliphatic carbocycles. The van der Waals surface area contributed by atoms with E-state index in [2.05, 4.69) is 39.5 Å². The molecule has 140 valence electrons. The zero-order chi connectivity index (χ0) is 16.6. The summed E-state index contributed by atoms with van der Waals surface area (Å²) in [5.41, 5.74) is 8.57. The van der Waals surface area contributed by atoms with Crippen molar-refractivity contribution in [1.29, 1.82) is 0 Å². The molecular weight excluding hydrogens is 427 g/mol. The Balaban J connectivity index is 0.00000225. The van der Waals surface area contributed by atoms with Gasteiger partial charge in [-0.25, -0.2) is 4.99 Å². The Bertz CT molecular complexity index is 523. The van der Waals surface area contributed by atoms with Crippen molar-refractivity contribution < 1.29 is 4.74 Å². The number of aliphatic imine (C=N–C) groups is 1. The van der Waals surface area contributed by atoms with E-state index in [4.69, 9.17) is 10.5 Å². The molecule has 0 atom stereocenters. The molecule has 1 aromatic rings. The minimum atomic E-state index is 0. The lowest BCUT2D eigenvalue weighted by Crippen LogP contribution is -2.41. The first-order valence-electron chi connectivity index (χ1n) is 9.24. The number of halogens is 1. The van der Waals surface area contributed by atoms with Gasteiger partial charge in [0.1, 0.15) is 0 Å². The SMILES string of the molecule is I.NC(=NCc1ccc(CN2CCOCC2)cc1)NC1CCCCC1. The molecule has 2 aliphatic rings. The molecule has 1 aromatic carbocycles. The fraction of sp³-hybridized carbons (Fsp3) is 0.632. The molecule has 5 nitrogen and oxygen atoms in total. The van der Waals surface area contributed by atoms with Crippen LogP contribution in [0.2, 0.25) is 0 Å². The molecule has 25 heavy (non-hydrogen) atoms. The number of benzene rings is 1. The maximum atomic E-state index is 6.03. The van der Waals surface area contributed by atoms with Crippen molar-refractivity contribution in [1.82, 2.24) is 10.2 Å². The Kier molecular flexibility index (Phi) is 8.98. The van der Waals surface area contributed by atoms with Gasteiger partial charge in [0, 0.05) is 25.7 Å². The lowest BCUT2D eigenvalue weighted by Gasteiger charge is -2.26. The number of morpholine rings is 1. The van der Waals surface area contributed by atoms with Crippen LogP contribution in [0.5, 0.6) is 0 Å². The van der Waals surface area contributed by atoms with Gasteiger partial charge in [-0.2, -0.15) is 0 Å². The second-order valence-electron chi connectivity index (χ2n) is 6.89. The highest BCUT2D eigenvalue weighted by molar-refractivity contribution is 14.0. The number of ether oxygens (including phenoxy) is 1. The van der Waals surface area contributed by atoms with Crippen LogP contribution in [0.1, 0.15) is 43.2 Å². The predicted molar refractivity (Wildman–Crippen MR) is 113 cm³/mol. The molecule has 6 heteroatoms. The Labute approximate surface area is 168 Å². The lowest BCUT2D eigenvalue weighted by molar-refractivity contribution is 0.0342. The summed E-state index contributed by atoms with van der Waals surface area (Å²) in [6.45, 7) is 5.38. The topological polar surface area (TPSA) is 62.9 Å². The van der Waals surface area contributed by atoms with E-state index >= 15 is 0 Å². The summed E-state index contributed by atoms with van der Waals surface area (Å²) >= 11 is 0. The molecule has 0 aromatic heterocycles. The van der Waals surface area contributed by atoms with Gasteiger partial charge in [-0.1, -0.05) is 43.5 Å². The van der Waals surface area contributed by atoms with Crippen molar-refractivity contribution in [2.75, 3.05) is 26.3 Å². The normalized spacial score (nSPS) is 20.1. The molecule has 0 unspecified atom stereocenters. The van der Waals surface area contributed by atoms with E-state index in [9.17, 15) is 0 Å². The van der Waals surface area contributed by atoms with Gasteiger partial charge in [0.2, 0.25) is 0 Å². The largest absolute Gasteiger partial charge is 0.379 e. The van der Waals surface area contributed by atoms with Crippen LogP contribution in [-0.4, -0.2) is 43.2 Å². The van der Waals surface area contributed by atoms with Gasteiger partial charge in [-0.15, -0.1) is 24.0 Å². The quantitative estimate of drug-likeness (QED) is 0.405. The highest BCUT2D eigenvalue weighted by Crippen LogP contribution is 2.17. The molecular formula is C19H31IN4O. The van der Waals surface area contributed by atoms with Crippen molar-refractivity contribution in [3.05, 3.63) is 35.4 Å². The van der Waals surface area contributed by atoms with Gasteiger partial charge in [0.15, 0.2) is 5.96 Å². The number of nitrogens with two attached hydrogens (primary N) is 1. The van der Waals surface area contributed by atoms with Crippen molar-refractivity contribution in [2.24, 2.45) is 10.7 Å². The number of hydrogen-bond acceptors (Lipinski definition) is 3. The fourth-order valence-corrected chi connectivity index (χ4v) is 3.45. The minimum Gasteiger partial charge on any atom is -0.379 e. The molecule has 1 aliphatic heterocycles. The average molecular weight is 458 g/mol. The van der Waals surface area contributed by atoms with E-state index in [-0.39, 0.29) is 24.0 Å². The highest BCUT2D eigenvalue weighted by Gasteiger charge is 2.13. The van der Waals surface area contributed by atoms with Crippen molar-refractivity contribution in [3.8, 4) is 0 Å². The summed E-state index contributed by atoms with van der Waals surface area (Å²) < 4.78 is 5.39. The molecule has 0 spiro atoms. The predicted octanol–water partition coefficient (Wildman–Crippen LogP) is 2.87. The van der Waals surface area contributed by atoms with Crippen LogP contribution in [0.15, 0.2) is 29.3 Å². The van der Waals surface area contributed by atoms with E-state index < -0.39 is 0 Å². The summed E-state index contributed by atoms with van der Waals surface area (Å²) in [6, 6.07) is 9.23. The third-order valence-electron chi connectivity index (χ3n) is 4.92. The molecule has 0 radical (unpaired) electrons. The van der Waals surface area contributed by atoms with E-state index in [0.717, 1.165) is 32.8 Å². The smallest absolute Gasteiger partial charge is 0.189 e. The van der Waals surface area contributed by atoms with Crippen molar-refractivity contribution >= 4 is 29.9 Å². The molecule has 0 amide bonds. The molecule has 1 saturated heterocycles. The van der Waals surface area contributed by atoms with Gasteiger partial charge < -0.3 is 15.8 Å². The Hall–Kier alpha value is -0.860. The van der Waals surface area contributed by atoms with Crippen LogP contribution < -0.4 is 11.1 Å². The zero-order valence-corrected chi connectivity index (χ0v) is 17.3. The van der Waals surface area contributed by atoms with E-state index in [1.165, 1.54) is 43.2 Å². The number of guanidine groups is 1. The number of nitrogens with one attached hydrogen (secondary N) is 1. The first-order valence-corrected chi connectivity index (χ1v) is 9.24. The van der Waals surface area contributed by atoms with E-state index in [0.29, 0.717) is 18.5 Å². The first-order chi connectivity index (χ1) is 11.8. The van der Waals surface area contributed by atoms with Crippen LogP contribution in [0.25, 0.3) is 0 Å². The Morgan fingerprint density at radius 1 is 1.08 bits per heavy atom. The van der Waals surface area contributed by atoms with Crippen LogP contribution in [0.4, 0.5) is 0 Å². The third-order valence-corrected chi connectivity index (χ3v) is 4.92. The summed E-state index contributed by atoms with van der Waals surface area (Å²) in [5.74, 6) is 0.583. The number of rotatable bonds is 5. The van der Waals surface area contributed by atoms with Crippen molar-refractivity contribution in [2.45, 2.75) is 51.2 Å². The number of nitrogens with zero attached hydrogens (tertiary/aromatic N) is 2. The van der Waals surface area contributed by atoms with Crippen LogP contribution >= 0.6 is 24.0 Å². The monoisotopic (exact) mass is 458 g/mol. The highest BCUT2D eigenvalue weighted by atomic mass is 127. The Morgan fingerprint density at radius 3 is 2.40 bits per heavy atom. The molecule has 3 rings (SSSR count). The van der Waals surface area contributed by atoms with Gasteiger partial charge in [0.25, 0.3) is 0 Å². The second-order valence-corrected chi connectivity index (χ2v) is 6.89. The van der Waals surface area contributed by atoms with Gasteiger partial charge in [-0.3, -0.25) is 4.90 Å². The summed E-state index contributed by atoms with van der Waals surface area (Å²) in [7, 11) is 0. The maximum absolute atomic E-state index is 6.03. The standard InChI is InChI=1S/C19H30N4O.HI/c20-19(22-18-4-2-1-3-5-18)21-14-16-6-8-17(9-7-16)15-23-10-12-24-13-11-23;/h6-9,18H,1-5,10-15H2,(H3,20,21,22);1H. The van der Waals surface area contributed by atoms with E-state index in [1.54, 1.807) is 0 Å². The summed E-state index contributed by atoms with van der Waals surface area (Å²) in [5, 5.41) is 3.36. The lowest BCUT2D eigenvalue weighted by atomic mass is 9.96. The van der Waals surface area contributed by atoms with E-state index in [1.807, 2.05) is 0 Å². The van der Waals surface area contributed by atoms with Gasteiger partial charge in [0.05, 0.1) is 19.8 Å². The van der Waals surface area contributed by atoms with Gasteiger partial charge >= 0.3 is 0 Å². The first kappa shape index (κ1) is 20.5. The van der Waals surface area contributed by atoms with Crippen LogP contribution in [0.3, 0.4) is 0 Å². The second kappa shape index (κ2) is 11.0. The zero-order valence-electron chi connectivity index (χ0n) is 15.0. The molecule has 2 fully saturated rings. The molecule has 1 saturated carbocycles. The van der Waals surface area contributed by atoms with Crippen LogP contribution in [-0.2, 0) is 17.8 Å². The molecule has 0 bridgehead atoms. The number of hydrogen-bond donors (Lipinski definition) is 2. The fourth-order valence-electron chi connectivity index (χ4n) is 3.45. The Morgan fingerprint density at radius 2 is 1.72 bits per heavy atom. The maximum Gasteiger partial charge on any atom is 0.189 e. The summed E-state index contributed by atoms with van der Waals surface area (Å²) in [6.07, 6.45) is 6.38. The minimum absolute atomic E-state index is 0. The van der Waals surface area contributed by atoms with Gasteiger partial charge in [-0.05, 0) is 24.0 Å². The summed E-state index contributed by atoms with van der Waals surface area (Å²) in [4.78, 5) is 6.92. The van der Waals surface area contributed by atoms with Crippen LogP contribution in [0, 0.1) is 0 Å².